The molecule has 0 aliphatic carbocycles. The third-order valence-corrected chi connectivity index (χ3v) is 2.84. The lowest BCUT2D eigenvalue weighted by Crippen LogP contribution is -2.26. The third kappa shape index (κ3) is 4.19. The van der Waals surface area contributed by atoms with Gasteiger partial charge in [-0.25, -0.2) is 0 Å². The molecule has 0 aliphatic heterocycles. The molecule has 1 aromatic rings. The standard InChI is InChI=1S/C14H19F3O3/c1-4-19-13(20-5-2)12(18)11-7-6-10(8-9(11)3)14(15,16)17/h6-8,12-13,18H,4-5H2,1-3H3. The van der Waals surface area contributed by atoms with Gasteiger partial charge < -0.3 is 14.6 Å². The number of halogens is 3. The second-order valence-electron chi connectivity index (χ2n) is 4.29. The van der Waals surface area contributed by atoms with Gasteiger partial charge in [0.1, 0.15) is 6.10 Å². The number of hydrogen-bond acceptors (Lipinski definition) is 3. The molecule has 1 N–H and O–H groups in total. The summed E-state index contributed by atoms with van der Waals surface area (Å²) in [6.45, 7) is 5.68. The number of aryl methyl sites for hydroxylation is 1. The molecule has 0 aliphatic rings. The van der Waals surface area contributed by atoms with Crippen molar-refractivity contribution < 1.29 is 27.8 Å². The van der Waals surface area contributed by atoms with Crippen LogP contribution in [0.2, 0.25) is 0 Å². The highest BCUT2D eigenvalue weighted by atomic mass is 19.4. The van der Waals surface area contributed by atoms with Crippen LogP contribution in [-0.4, -0.2) is 24.6 Å². The Morgan fingerprint density at radius 2 is 1.70 bits per heavy atom. The molecule has 0 bridgehead atoms. The Morgan fingerprint density at radius 1 is 1.15 bits per heavy atom. The first-order valence-corrected chi connectivity index (χ1v) is 6.40. The van der Waals surface area contributed by atoms with Gasteiger partial charge in [0.05, 0.1) is 5.56 Å². The van der Waals surface area contributed by atoms with Crippen molar-refractivity contribution in [3.8, 4) is 0 Å². The number of ether oxygens (including phenoxy) is 2. The van der Waals surface area contributed by atoms with Crippen LogP contribution in [0.15, 0.2) is 18.2 Å². The van der Waals surface area contributed by atoms with E-state index in [2.05, 4.69) is 0 Å². The summed E-state index contributed by atoms with van der Waals surface area (Å²) in [6.07, 6.45) is -6.41. The molecule has 1 unspecified atom stereocenters. The van der Waals surface area contributed by atoms with Gasteiger partial charge in [0.25, 0.3) is 0 Å². The first-order valence-electron chi connectivity index (χ1n) is 6.40. The van der Waals surface area contributed by atoms with Gasteiger partial charge in [-0.15, -0.1) is 0 Å². The molecule has 0 radical (unpaired) electrons. The molecule has 0 fully saturated rings. The molecule has 0 saturated heterocycles. The van der Waals surface area contributed by atoms with Crippen molar-refractivity contribution >= 4 is 0 Å². The van der Waals surface area contributed by atoms with Gasteiger partial charge in [-0.2, -0.15) is 13.2 Å². The Hall–Kier alpha value is -1.11. The van der Waals surface area contributed by atoms with E-state index in [9.17, 15) is 18.3 Å². The zero-order valence-corrected chi connectivity index (χ0v) is 11.7. The summed E-state index contributed by atoms with van der Waals surface area (Å²) in [5.41, 5.74) is -0.0306. The minimum Gasteiger partial charge on any atom is -0.383 e. The molecular formula is C14H19F3O3. The van der Waals surface area contributed by atoms with Gasteiger partial charge in [0, 0.05) is 13.2 Å². The number of hydrogen-bond donors (Lipinski definition) is 1. The van der Waals surface area contributed by atoms with E-state index in [1.807, 2.05) is 0 Å². The highest BCUT2D eigenvalue weighted by Gasteiger charge is 2.32. The second kappa shape index (κ2) is 7.06. The van der Waals surface area contributed by atoms with Crippen molar-refractivity contribution in [3.63, 3.8) is 0 Å². The van der Waals surface area contributed by atoms with Gasteiger partial charge in [0.2, 0.25) is 0 Å². The summed E-state index contributed by atoms with van der Waals surface area (Å²) >= 11 is 0. The molecule has 3 nitrogen and oxygen atoms in total. The predicted molar refractivity (Wildman–Crippen MR) is 68.2 cm³/mol. The zero-order valence-electron chi connectivity index (χ0n) is 11.7. The van der Waals surface area contributed by atoms with Crippen LogP contribution in [0.3, 0.4) is 0 Å². The summed E-state index contributed by atoms with van der Waals surface area (Å²) in [7, 11) is 0. The minimum absolute atomic E-state index is 0.335. The average Bonchev–Trinajstić information content (AvgIpc) is 2.36. The molecule has 20 heavy (non-hydrogen) atoms. The van der Waals surface area contributed by atoms with Crippen molar-refractivity contribution in [2.45, 2.75) is 39.3 Å². The number of aliphatic hydroxyl groups excluding tert-OH is 1. The summed E-state index contributed by atoms with van der Waals surface area (Å²) < 4.78 is 48.3. The van der Waals surface area contributed by atoms with E-state index in [4.69, 9.17) is 9.47 Å². The second-order valence-corrected chi connectivity index (χ2v) is 4.29. The van der Waals surface area contributed by atoms with Crippen LogP contribution in [0.5, 0.6) is 0 Å². The fourth-order valence-electron chi connectivity index (χ4n) is 1.89. The van der Waals surface area contributed by atoms with Gasteiger partial charge in [-0.1, -0.05) is 6.07 Å². The molecule has 0 aromatic heterocycles. The van der Waals surface area contributed by atoms with Crippen LogP contribution >= 0.6 is 0 Å². The summed E-state index contributed by atoms with van der Waals surface area (Å²) in [5, 5.41) is 10.2. The Labute approximate surface area is 116 Å². The summed E-state index contributed by atoms with van der Waals surface area (Å²) in [4.78, 5) is 0. The van der Waals surface area contributed by atoms with Gasteiger partial charge >= 0.3 is 6.18 Å². The smallest absolute Gasteiger partial charge is 0.383 e. The molecule has 1 atom stereocenters. The normalized spacial score (nSPS) is 13.8. The maximum atomic E-state index is 12.6. The number of rotatable bonds is 6. The monoisotopic (exact) mass is 292 g/mol. The van der Waals surface area contributed by atoms with Crippen LogP contribution < -0.4 is 0 Å². The van der Waals surface area contributed by atoms with Crippen molar-refractivity contribution in [2.75, 3.05) is 13.2 Å². The van der Waals surface area contributed by atoms with Crippen molar-refractivity contribution in [1.82, 2.24) is 0 Å². The summed E-state index contributed by atoms with van der Waals surface area (Å²) in [5.74, 6) is 0. The number of aliphatic hydroxyl groups is 1. The lowest BCUT2D eigenvalue weighted by Gasteiger charge is -2.24. The number of alkyl halides is 3. The lowest BCUT2D eigenvalue weighted by atomic mass is 10.00. The average molecular weight is 292 g/mol. The van der Waals surface area contributed by atoms with Gasteiger partial charge in [-0.05, 0) is 44.0 Å². The fourth-order valence-corrected chi connectivity index (χ4v) is 1.89. The Balaban J connectivity index is 3.00. The zero-order chi connectivity index (χ0) is 15.3. The van der Waals surface area contributed by atoms with Crippen molar-refractivity contribution in [3.05, 3.63) is 34.9 Å². The van der Waals surface area contributed by atoms with E-state index >= 15 is 0 Å². The van der Waals surface area contributed by atoms with Crippen LogP contribution in [-0.2, 0) is 15.7 Å². The molecule has 0 amide bonds. The van der Waals surface area contributed by atoms with Gasteiger partial charge in [-0.3, -0.25) is 0 Å². The van der Waals surface area contributed by atoms with Gasteiger partial charge in [0.15, 0.2) is 6.29 Å². The highest BCUT2D eigenvalue weighted by Crippen LogP contribution is 2.32. The predicted octanol–water partition coefficient (Wildman–Crippen LogP) is 3.45. The van der Waals surface area contributed by atoms with E-state index in [0.29, 0.717) is 24.3 Å². The Bertz CT molecular complexity index is 426. The van der Waals surface area contributed by atoms with E-state index < -0.39 is 24.1 Å². The maximum absolute atomic E-state index is 12.6. The molecule has 0 heterocycles. The third-order valence-electron chi connectivity index (χ3n) is 2.84. The van der Waals surface area contributed by atoms with Crippen LogP contribution in [0.25, 0.3) is 0 Å². The molecule has 1 rings (SSSR count). The quantitative estimate of drug-likeness (QED) is 0.816. The summed E-state index contributed by atoms with van der Waals surface area (Å²) in [6, 6.07) is 3.21. The van der Waals surface area contributed by atoms with Crippen molar-refractivity contribution in [1.29, 1.82) is 0 Å². The Kier molecular flexibility index (Phi) is 5.98. The molecule has 0 saturated carbocycles. The fraction of sp³-hybridized carbons (Fsp3) is 0.571. The Morgan fingerprint density at radius 3 is 2.10 bits per heavy atom. The maximum Gasteiger partial charge on any atom is 0.416 e. The van der Waals surface area contributed by atoms with Crippen LogP contribution in [0, 0.1) is 6.92 Å². The molecule has 1 aromatic carbocycles. The topological polar surface area (TPSA) is 38.7 Å². The van der Waals surface area contributed by atoms with E-state index in [-0.39, 0.29) is 0 Å². The van der Waals surface area contributed by atoms with E-state index in [1.54, 1.807) is 13.8 Å². The number of benzene rings is 1. The molecule has 0 spiro atoms. The highest BCUT2D eigenvalue weighted by molar-refractivity contribution is 5.34. The largest absolute Gasteiger partial charge is 0.416 e. The SMILES string of the molecule is CCOC(OCC)C(O)c1ccc(C(F)(F)F)cc1C. The van der Waals surface area contributed by atoms with Crippen LogP contribution in [0.4, 0.5) is 13.2 Å². The van der Waals surface area contributed by atoms with Crippen LogP contribution in [0.1, 0.15) is 36.6 Å². The molecule has 114 valence electrons. The van der Waals surface area contributed by atoms with E-state index in [0.717, 1.165) is 12.1 Å². The molecule has 6 heteroatoms. The lowest BCUT2D eigenvalue weighted by molar-refractivity contribution is -0.191. The minimum atomic E-state index is -4.40. The first-order chi connectivity index (χ1) is 9.31. The van der Waals surface area contributed by atoms with Crippen molar-refractivity contribution in [2.24, 2.45) is 0 Å². The first kappa shape index (κ1) is 16.9. The molecular weight excluding hydrogens is 273 g/mol. The van der Waals surface area contributed by atoms with E-state index in [1.165, 1.54) is 13.0 Å².